The van der Waals surface area contributed by atoms with Gasteiger partial charge in [-0.25, -0.2) is 17.5 Å². The third-order valence-corrected chi connectivity index (χ3v) is 13.0. The zero-order valence-corrected chi connectivity index (χ0v) is 30.9. The molecule has 272 valence electrons. The zero-order chi connectivity index (χ0) is 35.8. The van der Waals surface area contributed by atoms with Gasteiger partial charge in [0, 0.05) is 26.7 Å². The summed E-state index contributed by atoms with van der Waals surface area (Å²) in [6, 6.07) is -3.52. The Balaban J connectivity index is 1.54. The monoisotopic (exact) mass is 694 g/mol. The van der Waals surface area contributed by atoms with Crippen molar-refractivity contribution in [2.75, 3.05) is 26.4 Å². The lowest BCUT2D eigenvalue weighted by Crippen LogP contribution is -2.64. The number of carbonyl (C=O) groups is 5. The summed E-state index contributed by atoms with van der Waals surface area (Å²) in [6.45, 7) is 11.9. The molecule has 4 fully saturated rings. The van der Waals surface area contributed by atoms with Crippen molar-refractivity contribution < 1.29 is 32.4 Å². The second kappa shape index (κ2) is 14.2. The van der Waals surface area contributed by atoms with Crippen LogP contribution in [0.2, 0.25) is 0 Å². The van der Waals surface area contributed by atoms with E-state index >= 15 is 0 Å². The van der Waals surface area contributed by atoms with Crippen LogP contribution in [-0.4, -0.2) is 103 Å². The molecular formula is C34H58N6O7S. The Hall–Kier alpha value is -2.74. The van der Waals surface area contributed by atoms with Crippen LogP contribution in [0.5, 0.6) is 0 Å². The molecule has 48 heavy (non-hydrogen) atoms. The number of hydrogen-bond donors (Lipinski definition) is 4. The van der Waals surface area contributed by atoms with Crippen molar-refractivity contribution in [3.63, 3.8) is 0 Å². The normalized spacial score (nSPS) is 25.8. The lowest BCUT2D eigenvalue weighted by atomic mass is 9.83. The second-order valence-electron chi connectivity index (χ2n) is 16.5. The third kappa shape index (κ3) is 8.51. The number of ketones is 1. The Morgan fingerprint density at radius 1 is 0.979 bits per heavy atom. The fourth-order valence-corrected chi connectivity index (χ4v) is 8.94. The summed E-state index contributed by atoms with van der Waals surface area (Å²) in [5.74, 6) is -2.57. The minimum atomic E-state index is -3.63. The number of piperidine rings is 1. The summed E-state index contributed by atoms with van der Waals surface area (Å²) >= 11 is 0. The molecule has 2 unspecified atom stereocenters. The highest BCUT2D eigenvalue weighted by atomic mass is 32.2. The second-order valence-corrected chi connectivity index (χ2v) is 18.7. The number of nitrogens with zero attached hydrogens (tertiary/aromatic N) is 2. The first kappa shape index (κ1) is 38.1. The Labute approximate surface area is 286 Å². The average Bonchev–Trinajstić information content (AvgIpc) is 3.84. The van der Waals surface area contributed by atoms with E-state index in [2.05, 4.69) is 35.1 Å². The predicted molar refractivity (Wildman–Crippen MR) is 182 cm³/mol. The van der Waals surface area contributed by atoms with Gasteiger partial charge in [0.25, 0.3) is 5.91 Å². The van der Waals surface area contributed by atoms with Crippen molar-refractivity contribution in [1.29, 1.82) is 0 Å². The number of carbonyl (C=O) groups excluding carboxylic acids is 5. The minimum Gasteiger partial charge on any atom is -0.347 e. The number of nitrogens with one attached hydrogen (secondary N) is 4. The van der Waals surface area contributed by atoms with Crippen molar-refractivity contribution in [1.82, 2.24) is 30.5 Å². The van der Waals surface area contributed by atoms with Gasteiger partial charge in [0.1, 0.15) is 12.1 Å². The number of fused-ring (bicyclic) bond motifs is 1. The van der Waals surface area contributed by atoms with Crippen LogP contribution in [0, 0.1) is 22.7 Å². The molecule has 5 amide bonds. The molecule has 13 nitrogen and oxygen atoms in total. The maximum Gasteiger partial charge on any atom is 0.315 e. The average molecular weight is 695 g/mol. The van der Waals surface area contributed by atoms with Crippen LogP contribution in [0.4, 0.5) is 4.79 Å². The first-order valence-electron chi connectivity index (χ1n) is 17.7. The molecule has 3 aliphatic carbocycles. The number of sulfonamides is 1. The molecule has 0 aromatic rings. The molecule has 4 N–H and O–H groups in total. The van der Waals surface area contributed by atoms with Crippen LogP contribution in [0.3, 0.4) is 0 Å². The maximum atomic E-state index is 14.4. The Bertz CT molecular complexity index is 1360. The van der Waals surface area contributed by atoms with E-state index in [-0.39, 0.29) is 29.0 Å². The molecule has 0 aromatic carbocycles. The van der Waals surface area contributed by atoms with Gasteiger partial charge in [-0.3, -0.25) is 19.2 Å². The third-order valence-electron chi connectivity index (χ3n) is 11.0. The molecule has 5 atom stereocenters. The van der Waals surface area contributed by atoms with E-state index in [0.29, 0.717) is 32.2 Å². The van der Waals surface area contributed by atoms with Crippen LogP contribution in [0.1, 0.15) is 106 Å². The molecule has 3 saturated carbocycles. The fourth-order valence-electron chi connectivity index (χ4n) is 7.62. The van der Waals surface area contributed by atoms with Crippen LogP contribution >= 0.6 is 0 Å². The van der Waals surface area contributed by atoms with Gasteiger partial charge >= 0.3 is 6.03 Å². The van der Waals surface area contributed by atoms with E-state index in [4.69, 9.17) is 0 Å². The van der Waals surface area contributed by atoms with Crippen LogP contribution in [0.15, 0.2) is 0 Å². The number of Topliss-reactive ketones (excluding diaryl/α,β-unsaturated/α-hetero) is 1. The number of amides is 5. The number of rotatable bonds is 14. The highest BCUT2D eigenvalue weighted by molar-refractivity contribution is 7.89. The van der Waals surface area contributed by atoms with E-state index < -0.39 is 68.6 Å². The summed E-state index contributed by atoms with van der Waals surface area (Å²) in [7, 11) is -0.682. The van der Waals surface area contributed by atoms with Crippen LogP contribution in [-0.2, 0) is 29.2 Å². The summed E-state index contributed by atoms with van der Waals surface area (Å²) in [6.07, 6.45) is 6.91. The predicted octanol–water partition coefficient (Wildman–Crippen LogP) is 2.30. The molecule has 4 aliphatic rings. The number of likely N-dealkylation sites (tertiary alicyclic amines) is 1. The lowest BCUT2D eigenvalue weighted by Gasteiger charge is -2.41. The highest BCUT2D eigenvalue weighted by Gasteiger charge is 2.70. The molecule has 0 bridgehead atoms. The largest absolute Gasteiger partial charge is 0.347 e. The zero-order valence-electron chi connectivity index (χ0n) is 30.1. The van der Waals surface area contributed by atoms with Gasteiger partial charge in [0.2, 0.25) is 27.6 Å². The molecule has 1 aliphatic heterocycles. The quantitative estimate of drug-likeness (QED) is 0.202. The summed E-state index contributed by atoms with van der Waals surface area (Å²) in [4.78, 5) is 69.5. The highest BCUT2D eigenvalue weighted by Crippen LogP contribution is 2.65. The molecule has 14 heteroatoms. The Morgan fingerprint density at radius 2 is 1.60 bits per heavy atom. The minimum absolute atomic E-state index is 0.00403. The molecule has 1 heterocycles. The smallest absolute Gasteiger partial charge is 0.315 e. The number of urea groups is 1. The molecule has 4 rings (SSSR count). The number of unbranched alkanes of at least 4 members (excludes halogenated alkanes) is 1. The van der Waals surface area contributed by atoms with Crippen molar-refractivity contribution in [2.45, 2.75) is 135 Å². The number of hydrogen-bond acceptors (Lipinski definition) is 7. The molecule has 0 radical (unpaired) electrons. The van der Waals surface area contributed by atoms with Gasteiger partial charge in [0.05, 0.1) is 17.3 Å². The fraction of sp³-hybridized carbons (Fsp3) is 0.853. The SMILES string of the molecule is CCCC[C@H](NC(=O)[C@@H]1C2C(CN1C(=O)[C@@H](NC(=O)NC1(CS(=O)(=O)N(C)C)CCCCC1)C(C)(C)C)C2(C)C)C(=O)C(=O)NC1CC1. The van der Waals surface area contributed by atoms with Crippen molar-refractivity contribution >= 4 is 39.6 Å². The van der Waals surface area contributed by atoms with E-state index in [1.54, 1.807) is 0 Å². The Morgan fingerprint density at radius 3 is 2.15 bits per heavy atom. The standard InChI is InChI=1S/C34H58N6O7S/c1-9-10-14-23(26(41)29(43)35-21-15-16-21)36-28(42)25-24-22(33(24,5)6)19-40(25)30(44)27(32(2,3)4)37-31(45)38-34(17-12-11-13-18-34)20-48(46,47)39(7)8/h21-25,27H,9-20H2,1-8H3,(H,35,43)(H,36,42)(H2,37,38,45)/t22?,23-,24?,25-,27+/m0/s1. The van der Waals surface area contributed by atoms with Gasteiger partial charge in [-0.05, 0) is 54.8 Å². The molecule has 0 aromatic heterocycles. The first-order valence-corrected chi connectivity index (χ1v) is 19.3. The van der Waals surface area contributed by atoms with Gasteiger partial charge in [-0.1, -0.05) is 73.6 Å². The summed E-state index contributed by atoms with van der Waals surface area (Å²) in [5, 5.41) is 11.4. The van der Waals surface area contributed by atoms with Gasteiger partial charge in [-0.15, -0.1) is 0 Å². The van der Waals surface area contributed by atoms with Gasteiger partial charge < -0.3 is 26.2 Å². The lowest BCUT2D eigenvalue weighted by molar-refractivity contribution is -0.145. The Kier molecular flexibility index (Phi) is 11.3. The van der Waals surface area contributed by atoms with Crippen LogP contribution < -0.4 is 21.3 Å². The van der Waals surface area contributed by atoms with Gasteiger partial charge in [0.15, 0.2) is 0 Å². The van der Waals surface area contributed by atoms with Crippen molar-refractivity contribution in [3.05, 3.63) is 0 Å². The van der Waals surface area contributed by atoms with Crippen LogP contribution in [0.25, 0.3) is 0 Å². The van der Waals surface area contributed by atoms with Crippen molar-refractivity contribution in [2.24, 2.45) is 22.7 Å². The van der Waals surface area contributed by atoms with Gasteiger partial charge in [-0.2, -0.15) is 0 Å². The van der Waals surface area contributed by atoms with E-state index in [1.165, 1.54) is 19.0 Å². The maximum absolute atomic E-state index is 14.4. The summed E-state index contributed by atoms with van der Waals surface area (Å²) in [5.41, 5.74) is -1.92. The van der Waals surface area contributed by atoms with E-state index in [9.17, 15) is 32.4 Å². The summed E-state index contributed by atoms with van der Waals surface area (Å²) < 4.78 is 27.0. The molecule has 1 saturated heterocycles. The molecular weight excluding hydrogens is 636 g/mol. The molecule has 0 spiro atoms. The first-order chi connectivity index (χ1) is 22.2. The van der Waals surface area contributed by atoms with E-state index in [1.807, 2.05) is 27.7 Å². The van der Waals surface area contributed by atoms with E-state index in [0.717, 1.165) is 42.8 Å². The van der Waals surface area contributed by atoms with Crippen molar-refractivity contribution in [3.8, 4) is 0 Å². The topological polar surface area (TPSA) is 174 Å².